The first-order chi connectivity index (χ1) is 13.1. The molecule has 0 unspecified atom stereocenters. The second-order valence-electron chi connectivity index (χ2n) is 7.70. The van der Waals surface area contributed by atoms with Crippen LogP contribution in [-0.2, 0) is 18.4 Å². The lowest BCUT2D eigenvalue weighted by Crippen LogP contribution is -2.39. The lowest BCUT2D eigenvalue weighted by atomic mass is 10.00. The van der Waals surface area contributed by atoms with Crippen LogP contribution in [0.2, 0.25) is 0 Å². The maximum absolute atomic E-state index is 12.7. The fraction of sp³-hybridized carbons (Fsp3) is 0.476. The number of para-hydroxylation sites is 1. The van der Waals surface area contributed by atoms with E-state index in [1.807, 2.05) is 29.2 Å². The number of rotatable bonds is 4. The molecule has 2 aromatic heterocycles. The molecule has 0 radical (unpaired) electrons. The minimum atomic E-state index is -0.0973. The first kappa shape index (κ1) is 17.8. The van der Waals surface area contributed by atoms with E-state index in [1.165, 1.54) is 11.1 Å². The largest absolute Gasteiger partial charge is 0.342 e. The lowest BCUT2D eigenvalue weighted by Gasteiger charge is -2.31. The van der Waals surface area contributed by atoms with E-state index >= 15 is 0 Å². The van der Waals surface area contributed by atoms with Crippen molar-refractivity contribution in [3.05, 3.63) is 40.8 Å². The van der Waals surface area contributed by atoms with E-state index in [9.17, 15) is 9.59 Å². The van der Waals surface area contributed by atoms with Gasteiger partial charge in [0.2, 0.25) is 5.91 Å². The Labute approximate surface area is 158 Å². The first-order valence-electron chi connectivity index (χ1n) is 9.77. The molecule has 1 fully saturated rings. The minimum Gasteiger partial charge on any atom is -0.342 e. The number of carbonyl (C=O) groups excluding carboxylic acids is 1. The molecule has 1 atom stereocenters. The number of aryl methyl sites for hydroxylation is 2. The smallest absolute Gasteiger partial charge is 0.291 e. The number of nitrogens with zero attached hydrogens (tertiary/aromatic N) is 4. The van der Waals surface area contributed by atoms with Crippen molar-refractivity contribution in [2.75, 3.05) is 13.1 Å². The number of benzene rings is 1. The third kappa shape index (κ3) is 3.24. The summed E-state index contributed by atoms with van der Waals surface area (Å²) in [6, 6.07) is 8.01. The van der Waals surface area contributed by atoms with Gasteiger partial charge in [0.05, 0.1) is 6.20 Å². The molecule has 0 aliphatic carbocycles. The fourth-order valence-electron chi connectivity index (χ4n) is 4.24. The zero-order valence-corrected chi connectivity index (χ0v) is 16.0. The average Bonchev–Trinajstić information content (AvgIpc) is 2.99. The van der Waals surface area contributed by atoms with Crippen molar-refractivity contribution >= 4 is 27.7 Å². The van der Waals surface area contributed by atoms with E-state index in [-0.39, 0.29) is 11.5 Å². The Morgan fingerprint density at radius 1 is 1.26 bits per heavy atom. The zero-order valence-electron chi connectivity index (χ0n) is 16.0. The Balaban J connectivity index is 1.59. The zero-order chi connectivity index (χ0) is 19.0. The maximum atomic E-state index is 12.7. The van der Waals surface area contributed by atoms with Gasteiger partial charge in [-0.15, -0.1) is 0 Å². The Bertz CT molecular complexity index is 1050. The summed E-state index contributed by atoms with van der Waals surface area (Å²) >= 11 is 0. The maximum Gasteiger partial charge on any atom is 0.291 e. The third-order valence-electron chi connectivity index (χ3n) is 5.65. The third-order valence-corrected chi connectivity index (χ3v) is 5.65. The van der Waals surface area contributed by atoms with Gasteiger partial charge in [0.25, 0.3) is 5.56 Å². The molecule has 6 heteroatoms. The van der Waals surface area contributed by atoms with Crippen LogP contribution in [0.4, 0.5) is 0 Å². The van der Waals surface area contributed by atoms with Crippen molar-refractivity contribution in [1.29, 1.82) is 0 Å². The van der Waals surface area contributed by atoms with E-state index in [2.05, 4.69) is 16.6 Å². The summed E-state index contributed by atoms with van der Waals surface area (Å²) < 4.78 is 3.43. The second-order valence-corrected chi connectivity index (χ2v) is 7.70. The van der Waals surface area contributed by atoms with Gasteiger partial charge in [0.15, 0.2) is 0 Å². The van der Waals surface area contributed by atoms with Gasteiger partial charge in [-0.25, -0.2) is 4.68 Å². The molecule has 1 amide bonds. The molecule has 3 heterocycles. The van der Waals surface area contributed by atoms with Crippen molar-refractivity contribution in [3.63, 3.8) is 0 Å². The number of hydrogen-bond acceptors (Lipinski definition) is 3. The number of amides is 1. The van der Waals surface area contributed by atoms with E-state index in [1.54, 1.807) is 13.2 Å². The van der Waals surface area contributed by atoms with Crippen molar-refractivity contribution in [1.82, 2.24) is 19.2 Å². The predicted octanol–water partition coefficient (Wildman–Crippen LogP) is 2.93. The topological polar surface area (TPSA) is 60.1 Å². The van der Waals surface area contributed by atoms with Crippen molar-refractivity contribution in [3.8, 4) is 0 Å². The van der Waals surface area contributed by atoms with Crippen LogP contribution in [0, 0.1) is 5.92 Å². The predicted molar refractivity (Wildman–Crippen MR) is 107 cm³/mol. The normalized spacial score (nSPS) is 17.7. The van der Waals surface area contributed by atoms with Gasteiger partial charge in [-0.3, -0.25) is 9.59 Å². The molecule has 27 heavy (non-hydrogen) atoms. The number of aromatic nitrogens is 3. The Morgan fingerprint density at radius 2 is 2.07 bits per heavy atom. The summed E-state index contributed by atoms with van der Waals surface area (Å²) in [7, 11) is 1.67. The molecule has 0 saturated carbocycles. The van der Waals surface area contributed by atoms with Crippen LogP contribution < -0.4 is 5.56 Å². The molecule has 4 rings (SSSR count). The Morgan fingerprint density at radius 3 is 2.89 bits per heavy atom. The van der Waals surface area contributed by atoms with E-state index in [0.29, 0.717) is 24.4 Å². The van der Waals surface area contributed by atoms with Crippen LogP contribution in [-0.4, -0.2) is 38.2 Å². The summed E-state index contributed by atoms with van der Waals surface area (Å²) in [5.41, 5.74) is 1.60. The SMILES string of the molecule is C[C@H]1CCCN(C(=O)CCCn2c3ccccc3c3cnn(C)c(=O)c32)C1. The number of hydrogen-bond donors (Lipinski definition) is 0. The molecule has 1 saturated heterocycles. The summed E-state index contributed by atoms with van der Waals surface area (Å²) in [6.45, 7) is 4.62. The standard InChI is InChI=1S/C21H26N4O2/c1-15-7-5-11-24(14-15)19(26)10-6-12-25-18-9-4-3-8-16(18)17-13-22-23(2)21(27)20(17)25/h3-4,8-9,13,15H,5-7,10-12,14H2,1-2H3/t15-/m0/s1. The van der Waals surface area contributed by atoms with Gasteiger partial charge in [-0.1, -0.05) is 25.1 Å². The van der Waals surface area contributed by atoms with Crippen LogP contribution in [0.25, 0.3) is 21.8 Å². The molecule has 142 valence electrons. The second kappa shape index (κ2) is 7.18. The number of piperidine rings is 1. The quantitative estimate of drug-likeness (QED) is 0.713. The highest BCUT2D eigenvalue weighted by molar-refractivity contribution is 6.07. The van der Waals surface area contributed by atoms with Crippen LogP contribution in [0.1, 0.15) is 32.6 Å². The molecule has 0 spiro atoms. The molecule has 3 aromatic rings. The van der Waals surface area contributed by atoms with Crippen molar-refractivity contribution in [2.45, 2.75) is 39.2 Å². The highest BCUT2D eigenvalue weighted by Gasteiger charge is 2.21. The van der Waals surface area contributed by atoms with Crippen molar-refractivity contribution in [2.24, 2.45) is 13.0 Å². The number of likely N-dealkylation sites (tertiary alicyclic amines) is 1. The Kier molecular flexibility index (Phi) is 4.72. The molecule has 1 aliphatic heterocycles. The molecule has 0 bridgehead atoms. The van der Waals surface area contributed by atoms with Gasteiger partial charge in [0.1, 0.15) is 5.52 Å². The summed E-state index contributed by atoms with van der Waals surface area (Å²) in [6.07, 6.45) is 5.32. The fourth-order valence-corrected chi connectivity index (χ4v) is 4.24. The average molecular weight is 366 g/mol. The van der Waals surface area contributed by atoms with Gasteiger partial charge < -0.3 is 9.47 Å². The molecular formula is C21H26N4O2. The van der Waals surface area contributed by atoms with Gasteiger partial charge in [0, 0.05) is 49.4 Å². The van der Waals surface area contributed by atoms with Crippen LogP contribution in [0.3, 0.4) is 0 Å². The minimum absolute atomic E-state index is 0.0973. The number of carbonyl (C=O) groups is 1. The molecule has 1 aliphatic rings. The van der Waals surface area contributed by atoms with E-state index in [0.717, 1.165) is 42.2 Å². The summed E-state index contributed by atoms with van der Waals surface area (Å²) in [5, 5.41) is 6.09. The number of fused-ring (bicyclic) bond motifs is 3. The molecule has 0 N–H and O–H groups in total. The molecular weight excluding hydrogens is 340 g/mol. The summed E-state index contributed by atoms with van der Waals surface area (Å²) in [4.78, 5) is 27.3. The van der Waals surface area contributed by atoms with E-state index < -0.39 is 0 Å². The molecule has 6 nitrogen and oxygen atoms in total. The summed E-state index contributed by atoms with van der Waals surface area (Å²) in [5.74, 6) is 0.826. The van der Waals surface area contributed by atoms with Gasteiger partial charge in [-0.05, 0) is 31.2 Å². The Hall–Kier alpha value is -2.63. The monoisotopic (exact) mass is 366 g/mol. The lowest BCUT2D eigenvalue weighted by molar-refractivity contribution is -0.133. The highest BCUT2D eigenvalue weighted by atomic mass is 16.2. The highest BCUT2D eigenvalue weighted by Crippen LogP contribution is 2.26. The molecule has 1 aromatic carbocycles. The van der Waals surface area contributed by atoms with Gasteiger partial charge in [-0.2, -0.15) is 5.10 Å². The first-order valence-corrected chi connectivity index (χ1v) is 9.77. The van der Waals surface area contributed by atoms with Crippen LogP contribution >= 0.6 is 0 Å². The van der Waals surface area contributed by atoms with Crippen molar-refractivity contribution < 1.29 is 4.79 Å². The van der Waals surface area contributed by atoms with Gasteiger partial charge >= 0.3 is 0 Å². The van der Waals surface area contributed by atoms with Crippen LogP contribution in [0.5, 0.6) is 0 Å². The van der Waals surface area contributed by atoms with Crippen LogP contribution in [0.15, 0.2) is 35.3 Å². The van der Waals surface area contributed by atoms with E-state index in [4.69, 9.17) is 0 Å².